The molecule has 3 aromatic rings. The molecule has 3 N–H and O–H groups in total. The maximum Gasteiger partial charge on any atom is 0.335 e. The highest BCUT2D eigenvalue weighted by Gasteiger charge is 2.38. The van der Waals surface area contributed by atoms with E-state index >= 15 is 0 Å². The topological polar surface area (TPSA) is 116 Å². The molecule has 0 unspecified atom stereocenters. The van der Waals surface area contributed by atoms with Gasteiger partial charge in [0, 0.05) is 17.8 Å². The third-order valence-electron chi connectivity index (χ3n) is 5.71. The summed E-state index contributed by atoms with van der Waals surface area (Å²) >= 11 is 6.23. The SMILES string of the molecule is Cc1ccc(C(=O)NCc2ccc(C(=O)O)cc2)cc1NC1=C(Cl)C(=O)N(Cc2ccccc2)C1=O. The zero-order chi connectivity index (χ0) is 25.8. The van der Waals surface area contributed by atoms with Crippen LogP contribution in [0.3, 0.4) is 0 Å². The third-order valence-corrected chi connectivity index (χ3v) is 6.06. The van der Waals surface area contributed by atoms with Crippen LogP contribution >= 0.6 is 11.6 Å². The number of nitrogens with zero attached hydrogens (tertiary/aromatic N) is 1. The van der Waals surface area contributed by atoms with Crippen molar-refractivity contribution in [3.63, 3.8) is 0 Å². The average Bonchev–Trinajstić information content (AvgIpc) is 3.07. The molecule has 3 aromatic carbocycles. The highest BCUT2D eigenvalue weighted by atomic mass is 35.5. The van der Waals surface area contributed by atoms with Gasteiger partial charge in [-0.1, -0.05) is 60.1 Å². The highest BCUT2D eigenvalue weighted by Crippen LogP contribution is 2.28. The second-order valence-corrected chi connectivity index (χ2v) is 8.59. The molecule has 9 heteroatoms. The van der Waals surface area contributed by atoms with Gasteiger partial charge >= 0.3 is 5.97 Å². The number of aromatic carboxylic acids is 1. The van der Waals surface area contributed by atoms with Crippen LogP contribution in [0.2, 0.25) is 0 Å². The van der Waals surface area contributed by atoms with Gasteiger partial charge in [-0.15, -0.1) is 0 Å². The Morgan fingerprint density at radius 3 is 2.22 bits per heavy atom. The first-order valence-corrected chi connectivity index (χ1v) is 11.4. The molecule has 0 aliphatic carbocycles. The summed E-state index contributed by atoms with van der Waals surface area (Å²) in [7, 11) is 0. The Balaban J connectivity index is 1.46. The van der Waals surface area contributed by atoms with Crippen LogP contribution in [0, 0.1) is 6.92 Å². The number of carboxylic acids is 1. The van der Waals surface area contributed by atoms with E-state index in [-0.39, 0.29) is 35.3 Å². The molecule has 0 aromatic heterocycles. The summed E-state index contributed by atoms with van der Waals surface area (Å²) < 4.78 is 0. The fourth-order valence-corrected chi connectivity index (χ4v) is 3.88. The van der Waals surface area contributed by atoms with Crippen LogP contribution in [0.5, 0.6) is 0 Å². The van der Waals surface area contributed by atoms with Gasteiger partial charge in [-0.25, -0.2) is 4.79 Å². The van der Waals surface area contributed by atoms with Crippen molar-refractivity contribution in [2.24, 2.45) is 0 Å². The first-order chi connectivity index (χ1) is 17.2. The Morgan fingerprint density at radius 1 is 0.889 bits per heavy atom. The Hall–Kier alpha value is -4.43. The molecular formula is C27H22ClN3O5. The van der Waals surface area contributed by atoms with Crippen molar-refractivity contribution in [3.8, 4) is 0 Å². The number of anilines is 1. The quantitative estimate of drug-likeness (QED) is 0.399. The van der Waals surface area contributed by atoms with Crippen LogP contribution in [0.15, 0.2) is 83.5 Å². The number of hydrogen-bond donors (Lipinski definition) is 3. The molecule has 4 rings (SSSR count). The second kappa shape index (κ2) is 10.5. The predicted octanol–water partition coefficient (Wildman–Crippen LogP) is 4.05. The zero-order valence-electron chi connectivity index (χ0n) is 19.2. The summed E-state index contributed by atoms with van der Waals surface area (Å²) in [5.41, 5.74) is 3.19. The lowest BCUT2D eigenvalue weighted by atomic mass is 10.1. The van der Waals surface area contributed by atoms with Crippen LogP contribution in [0.25, 0.3) is 0 Å². The summed E-state index contributed by atoms with van der Waals surface area (Å²) in [6, 6.07) is 20.2. The maximum absolute atomic E-state index is 13.0. The summed E-state index contributed by atoms with van der Waals surface area (Å²) in [6.45, 7) is 2.09. The third kappa shape index (κ3) is 5.29. The molecule has 1 aliphatic rings. The first-order valence-electron chi connectivity index (χ1n) is 11.0. The zero-order valence-corrected chi connectivity index (χ0v) is 20.0. The van der Waals surface area contributed by atoms with Gasteiger partial charge in [-0.3, -0.25) is 19.3 Å². The molecule has 182 valence electrons. The number of benzene rings is 3. The minimum Gasteiger partial charge on any atom is -0.478 e. The van der Waals surface area contributed by atoms with Crippen molar-refractivity contribution in [1.82, 2.24) is 10.2 Å². The minimum atomic E-state index is -1.02. The summed E-state index contributed by atoms with van der Waals surface area (Å²) in [6.07, 6.45) is 0. The summed E-state index contributed by atoms with van der Waals surface area (Å²) in [4.78, 5) is 50.4. The number of carboxylic acid groups (broad SMARTS) is 1. The average molecular weight is 504 g/mol. The fourth-order valence-electron chi connectivity index (χ4n) is 3.65. The molecule has 0 saturated heterocycles. The van der Waals surface area contributed by atoms with Crippen LogP contribution in [0.4, 0.5) is 5.69 Å². The van der Waals surface area contributed by atoms with Gasteiger partial charge in [0.05, 0.1) is 12.1 Å². The number of rotatable bonds is 8. The van der Waals surface area contributed by atoms with Crippen molar-refractivity contribution >= 4 is 41.0 Å². The normalized spacial score (nSPS) is 13.2. The van der Waals surface area contributed by atoms with Crippen LogP contribution < -0.4 is 10.6 Å². The largest absolute Gasteiger partial charge is 0.478 e. The Kier molecular flexibility index (Phi) is 7.17. The summed E-state index contributed by atoms with van der Waals surface area (Å²) in [5, 5.41) is 14.5. The van der Waals surface area contributed by atoms with Gasteiger partial charge in [0.1, 0.15) is 10.7 Å². The number of carbonyl (C=O) groups excluding carboxylic acids is 3. The van der Waals surface area contributed by atoms with E-state index in [1.807, 2.05) is 30.3 Å². The molecule has 0 saturated carbocycles. The summed E-state index contributed by atoms with van der Waals surface area (Å²) in [5.74, 6) is -2.52. The van der Waals surface area contributed by atoms with E-state index in [4.69, 9.17) is 16.7 Å². The van der Waals surface area contributed by atoms with E-state index in [9.17, 15) is 19.2 Å². The molecule has 8 nitrogen and oxygen atoms in total. The number of aryl methyl sites for hydroxylation is 1. The monoisotopic (exact) mass is 503 g/mol. The highest BCUT2D eigenvalue weighted by molar-refractivity contribution is 6.48. The van der Waals surface area contributed by atoms with Gasteiger partial charge in [0.15, 0.2) is 0 Å². The number of carbonyl (C=O) groups is 4. The van der Waals surface area contributed by atoms with Gasteiger partial charge in [-0.05, 0) is 47.9 Å². The second-order valence-electron chi connectivity index (χ2n) is 8.21. The maximum atomic E-state index is 13.0. The Bertz CT molecular complexity index is 1380. The van der Waals surface area contributed by atoms with Crippen molar-refractivity contribution in [2.75, 3.05) is 5.32 Å². The van der Waals surface area contributed by atoms with Gasteiger partial charge in [0.25, 0.3) is 17.7 Å². The van der Waals surface area contributed by atoms with Crippen molar-refractivity contribution in [3.05, 3.63) is 111 Å². The number of hydrogen-bond acceptors (Lipinski definition) is 5. The van der Waals surface area contributed by atoms with Crippen molar-refractivity contribution in [2.45, 2.75) is 20.0 Å². The number of nitrogens with one attached hydrogen (secondary N) is 2. The van der Waals surface area contributed by atoms with E-state index in [2.05, 4.69) is 10.6 Å². The standard InChI is InChI=1S/C27H22ClN3O5/c1-16-7-10-20(24(32)29-14-17-8-11-19(12-9-17)27(35)36)13-21(16)30-23-22(28)25(33)31(26(23)34)15-18-5-3-2-4-6-18/h2-13,30H,14-15H2,1H3,(H,29,32)(H,35,36). The van der Waals surface area contributed by atoms with E-state index in [0.717, 1.165) is 21.6 Å². The molecule has 1 aliphatic heterocycles. The molecule has 0 spiro atoms. The Morgan fingerprint density at radius 2 is 1.56 bits per heavy atom. The van der Waals surface area contributed by atoms with Gasteiger partial charge in [0.2, 0.25) is 0 Å². The van der Waals surface area contributed by atoms with E-state index in [0.29, 0.717) is 11.3 Å². The lowest BCUT2D eigenvalue weighted by molar-refractivity contribution is -0.138. The molecule has 0 bridgehead atoms. The van der Waals surface area contributed by atoms with Crippen LogP contribution in [-0.4, -0.2) is 33.7 Å². The predicted molar refractivity (Wildman–Crippen MR) is 134 cm³/mol. The van der Waals surface area contributed by atoms with E-state index < -0.39 is 17.8 Å². The minimum absolute atomic E-state index is 0.0447. The molecule has 0 fully saturated rings. The van der Waals surface area contributed by atoms with Crippen molar-refractivity contribution in [1.29, 1.82) is 0 Å². The molecule has 0 radical (unpaired) electrons. The van der Waals surface area contributed by atoms with E-state index in [1.54, 1.807) is 37.3 Å². The van der Waals surface area contributed by atoms with E-state index in [1.165, 1.54) is 12.1 Å². The van der Waals surface area contributed by atoms with Gasteiger partial charge in [-0.2, -0.15) is 0 Å². The number of amides is 3. The lowest BCUT2D eigenvalue weighted by Gasteiger charge is -2.16. The molecular weight excluding hydrogens is 482 g/mol. The van der Waals surface area contributed by atoms with Crippen LogP contribution in [-0.2, 0) is 22.7 Å². The molecule has 0 atom stereocenters. The molecule has 3 amide bonds. The smallest absolute Gasteiger partial charge is 0.335 e. The number of imide groups is 1. The van der Waals surface area contributed by atoms with Crippen LogP contribution in [0.1, 0.15) is 37.4 Å². The van der Waals surface area contributed by atoms with Crippen molar-refractivity contribution < 1.29 is 24.3 Å². The lowest BCUT2D eigenvalue weighted by Crippen LogP contribution is -2.31. The molecule has 1 heterocycles. The van der Waals surface area contributed by atoms with Gasteiger partial charge < -0.3 is 15.7 Å². The number of halogens is 1. The fraction of sp³-hybridized carbons (Fsp3) is 0.111. The first kappa shape index (κ1) is 24.7. The Labute approximate surface area is 212 Å². The molecule has 36 heavy (non-hydrogen) atoms.